The molecule has 1 unspecified atom stereocenters. The smallest absolute Gasteiger partial charge is 0.123 e. The van der Waals surface area contributed by atoms with Crippen molar-refractivity contribution in [1.82, 2.24) is 4.90 Å². The highest BCUT2D eigenvalue weighted by atomic mass is 19.1. The summed E-state index contributed by atoms with van der Waals surface area (Å²) < 4.78 is 13.9. The Morgan fingerprint density at radius 3 is 2.64 bits per heavy atom. The van der Waals surface area contributed by atoms with Gasteiger partial charge in [-0.3, -0.25) is 0 Å². The van der Waals surface area contributed by atoms with Crippen LogP contribution < -0.4 is 0 Å². The van der Waals surface area contributed by atoms with Crippen LogP contribution in [0.5, 0.6) is 0 Å². The molecule has 0 heterocycles. The standard InChI is InChI=1S/C23H30FN/c1-18-9-10-20-11-12-21(24)17-22(20)23(18,2)14-16-25(3)15-13-19-7-5-4-6-8-19/h4-8,11-12,17-18H,9-10,13-16H2,1-3H3/t18?,23-/m0/s1. The second-order valence-electron chi connectivity index (χ2n) is 7.95. The lowest BCUT2D eigenvalue weighted by Crippen LogP contribution is -2.39. The van der Waals surface area contributed by atoms with E-state index in [0.29, 0.717) is 5.92 Å². The van der Waals surface area contributed by atoms with Gasteiger partial charge in [0.1, 0.15) is 5.82 Å². The van der Waals surface area contributed by atoms with Crippen molar-refractivity contribution in [2.45, 2.75) is 44.9 Å². The third kappa shape index (κ3) is 4.12. The molecule has 2 aromatic rings. The maximum atomic E-state index is 13.9. The van der Waals surface area contributed by atoms with Gasteiger partial charge >= 0.3 is 0 Å². The fourth-order valence-corrected chi connectivity index (χ4v) is 4.13. The first-order valence-electron chi connectivity index (χ1n) is 9.50. The lowest BCUT2D eigenvalue weighted by molar-refractivity contribution is 0.216. The topological polar surface area (TPSA) is 3.24 Å². The van der Waals surface area contributed by atoms with Gasteiger partial charge in [0.05, 0.1) is 0 Å². The summed E-state index contributed by atoms with van der Waals surface area (Å²) in [5.74, 6) is 0.487. The van der Waals surface area contributed by atoms with Crippen molar-refractivity contribution in [3.8, 4) is 0 Å². The first kappa shape index (κ1) is 18.1. The molecule has 0 spiro atoms. The average molecular weight is 339 g/mol. The van der Waals surface area contributed by atoms with E-state index in [9.17, 15) is 4.39 Å². The Hall–Kier alpha value is -1.67. The van der Waals surface area contributed by atoms with Crippen LogP contribution >= 0.6 is 0 Å². The van der Waals surface area contributed by atoms with Crippen molar-refractivity contribution >= 4 is 0 Å². The first-order chi connectivity index (χ1) is 12.0. The molecule has 3 rings (SSSR count). The minimum Gasteiger partial charge on any atom is -0.306 e. The maximum Gasteiger partial charge on any atom is 0.123 e. The van der Waals surface area contributed by atoms with Gasteiger partial charge < -0.3 is 4.90 Å². The minimum atomic E-state index is -0.100. The van der Waals surface area contributed by atoms with Gasteiger partial charge in [-0.25, -0.2) is 4.39 Å². The molecule has 134 valence electrons. The fourth-order valence-electron chi connectivity index (χ4n) is 4.13. The minimum absolute atomic E-state index is 0.0662. The predicted molar refractivity (Wildman–Crippen MR) is 103 cm³/mol. The lowest BCUT2D eigenvalue weighted by atomic mass is 9.63. The van der Waals surface area contributed by atoms with E-state index in [1.807, 2.05) is 6.07 Å². The number of benzene rings is 2. The van der Waals surface area contributed by atoms with Crippen LogP contribution in [-0.2, 0) is 18.3 Å². The fraction of sp³-hybridized carbons (Fsp3) is 0.478. The van der Waals surface area contributed by atoms with Crippen molar-refractivity contribution in [1.29, 1.82) is 0 Å². The van der Waals surface area contributed by atoms with Gasteiger partial charge in [0.25, 0.3) is 0 Å². The molecule has 0 bridgehead atoms. The van der Waals surface area contributed by atoms with E-state index < -0.39 is 0 Å². The molecule has 1 aliphatic rings. The Bertz CT molecular complexity index is 696. The second-order valence-corrected chi connectivity index (χ2v) is 7.95. The molecule has 0 N–H and O–H groups in total. The third-order valence-corrected chi connectivity index (χ3v) is 6.26. The van der Waals surface area contributed by atoms with Gasteiger partial charge in [0.2, 0.25) is 0 Å². The van der Waals surface area contributed by atoms with Gasteiger partial charge in [0.15, 0.2) is 0 Å². The summed E-state index contributed by atoms with van der Waals surface area (Å²) in [6, 6.07) is 16.0. The Kier molecular flexibility index (Phi) is 5.58. The summed E-state index contributed by atoms with van der Waals surface area (Å²) in [6.07, 6.45) is 4.43. The molecular formula is C23H30FN. The normalized spacial score (nSPS) is 22.8. The van der Waals surface area contributed by atoms with Crippen LogP contribution in [0, 0.1) is 11.7 Å². The number of hydrogen-bond donors (Lipinski definition) is 0. The number of likely N-dealkylation sites (N-methyl/N-ethyl adjacent to an activating group) is 1. The van der Waals surface area contributed by atoms with E-state index in [1.165, 1.54) is 23.1 Å². The Morgan fingerprint density at radius 2 is 1.88 bits per heavy atom. The average Bonchev–Trinajstić information content (AvgIpc) is 2.63. The molecule has 2 heteroatoms. The molecule has 25 heavy (non-hydrogen) atoms. The molecule has 1 nitrogen and oxygen atoms in total. The number of nitrogens with zero attached hydrogens (tertiary/aromatic N) is 1. The van der Waals surface area contributed by atoms with Crippen molar-refractivity contribution in [2.75, 3.05) is 20.1 Å². The highest BCUT2D eigenvalue weighted by Gasteiger charge is 2.37. The monoisotopic (exact) mass is 339 g/mol. The molecule has 0 fully saturated rings. The van der Waals surface area contributed by atoms with Gasteiger partial charge in [-0.15, -0.1) is 0 Å². The van der Waals surface area contributed by atoms with E-state index in [-0.39, 0.29) is 11.2 Å². The van der Waals surface area contributed by atoms with Gasteiger partial charge in [-0.05, 0) is 79.4 Å². The Morgan fingerprint density at radius 1 is 1.12 bits per heavy atom. The summed E-state index contributed by atoms with van der Waals surface area (Å²) in [4.78, 5) is 2.42. The first-order valence-corrected chi connectivity index (χ1v) is 9.50. The summed E-state index contributed by atoms with van der Waals surface area (Å²) in [7, 11) is 2.20. The molecule has 0 saturated carbocycles. The summed E-state index contributed by atoms with van der Waals surface area (Å²) in [6.45, 7) is 6.77. The van der Waals surface area contributed by atoms with Crippen molar-refractivity contribution in [3.05, 3.63) is 71.0 Å². The van der Waals surface area contributed by atoms with E-state index in [0.717, 1.165) is 32.4 Å². The molecule has 0 amide bonds. The Labute approximate surface area is 151 Å². The molecule has 2 aromatic carbocycles. The van der Waals surface area contributed by atoms with Crippen molar-refractivity contribution < 1.29 is 4.39 Å². The van der Waals surface area contributed by atoms with Crippen LogP contribution in [0.25, 0.3) is 0 Å². The van der Waals surface area contributed by atoms with Crippen LogP contribution in [0.15, 0.2) is 48.5 Å². The van der Waals surface area contributed by atoms with Gasteiger partial charge in [0, 0.05) is 6.54 Å². The molecule has 1 aliphatic carbocycles. The number of rotatable bonds is 6. The highest BCUT2D eigenvalue weighted by Crippen LogP contribution is 2.44. The molecule has 0 saturated heterocycles. The summed E-state index contributed by atoms with van der Waals surface area (Å²) in [5, 5.41) is 0. The number of hydrogen-bond acceptors (Lipinski definition) is 1. The molecule has 2 atom stereocenters. The van der Waals surface area contributed by atoms with Crippen LogP contribution in [0.1, 0.15) is 43.4 Å². The lowest BCUT2D eigenvalue weighted by Gasteiger charge is -2.42. The number of aryl methyl sites for hydroxylation is 1. The zero-order valence-corrected chi connectivity index (χ0v) is 15.8. The van der Waals surface area contributed by atoms with Gasteiger partial charge in [-0.1, -0.05) is 50.2 Å². The molecule has 0 aromatic heterocycles. The quantitative estimate of drug-likeness (QED) is 0.696. The van der Waals surface area contributed by atoms with Crippen LogP contribution in [0.3, 0.4) is 0 Å². The van der Waals surface area contributed by atoms with Gasteiger partial charge in [-0.2, -0.15) is 0 Å². The zero-order chi connectivity index (χ0) is 17.9. The second kappa shape index (κ2) is 7.70. The van der Waals surface area contributed by atoms with E-state index in [4.69, 9.17) is 0 Å². The van der Waals surface area contributed by atoms with Crippen LogP contribution in [0.2, 0.25) is 0 Å². The summed E-state index contributed by atoms with van der Waals surface area (Å²) >= 11 is 0. The summed E-state index contributed by atoms with van der Waals surface area (Å²) in [5.41, 5.74) is 4.03. The highest BCUT2D eigenvalue weighted by molar-refractivity contribution is 5.37. The SMILES string of the molecule is CC1CCc2ccc(F)cc2[C@@]1(C)CCN(C)CCc1ccccc1. The van der Waals surface area contributed by atoms with E-state index >= 15 is 0 Å². The van der Waals surface area contributed by atoms with E-state index in [1.54, 1.807) is 12.1 Å². The zero-order valence-electron chi connectivity index (χ0n) is 15.8. The predicted octanol–water partition coefficient (Wildman–Crippen LogP) is 5.23. The number of halogens is 1. The van der Waals surface area contributed by atoms with Crippen molar-refractivity contribution in [2.24, 2.45) is 5.92 Å². The van der Waals surface area contributed by atoms with Crippen LogP contribution in [0.4, 0.5) is 4.39 Å². The van der Waals surface area contributed by atoms with Crippen molar-refractivity contribution in [3.63, 3.8) is 0 Å². The molecular weight excluding hydrogens is 309 g/mol. The molecule has 0 radical (unpaired) electrons. The maximum absolute atomic E-state index is 13.9. The number of fused-ring (bicyclic) bond motifs is 1. The molecule has 0 aliphatic heterocycles. The van der Waals surface area contributed by atoms with E-state index in [2.05, 4.69) is 56.1 Å². The van der Waals surface area contributed by atoms with Crippen LogP contribution in [-0.4, -0.2) is 25.0 Å². The largest absolute Gasteiger partial charge is 0.306 e. The third-order valence-electron chi connectivity index (χ3n) is 6.26. The Balaban J connectivity index is 1.64.